The van der Waals surface area contributed by atoms with Crippen molar-refractivity contribution in [3.05, 3.63) is 35.9 Å². The van der Waals surface area contributed by atoms with Crippen molar-refractivity contribution in [2.75, 3.05) is 46.3 Å². The van der Waals surface area contributed by atoms with Crippen LogP contribution in [-0.2, 0) is 9.59 Å². The van der Waals surface area contributed by atoms with Crippen LogP contribution in [0.2, 0.25) is 0 Å². The molecule has 1 spiro atoms. The van der Waals surface area contributed by atoms with Crippen LogP contribution in [0.5, 0.6) is 0 Å². The van der Waals surface area contributed by atoms with E-state index in [-0.39, 0.29) is 35.7 Å². The molecule has 37 heavy (non-hydrogen) atoms. The molecule has 0 N–H and O–H groups in total. The number of halogens is 1. The van der Waals surface area contributed by atoms with Gasteiger partial charge in [0.2, 0.25) is 5.91 Å². The number of likely N-dealkylation sites (tertiary alicyclic amines) is 2. The third-order valence-corrected chi connectivity index (χ3v) is 8.16. The molecule has 0 aliphatic carbocycles. The van der Waals surface area contributed by atoms with Gasteiger partial charge >= 0.3 is 6.03 Å². The van der Waals surface area contributed by atoms with Crippen LogP contribution in [0, 0.1) is 17.3 Å². The van der Waals surface area contributed by atoms with Crippen LogP contribution in [0.3, 0.4) is 0 Å². The summed E-state index contributed by atoms with van der Waals surface area (Å²) in [7, 11) is 1.62. The van der Waals surface area contributed by atoms with Gasteiger partial charge in [0, 0.05) is 58.7 Å². The number of urea groups is 1. The van der Waals surface area contributed by atoms with Crippen LogP contribution < -0.4 is 0 Å². The maximum atomic E-state index is 13.2. The Labute approximate surface area is 228 Å². The minimum Gasteiger partial charge on any atom is -0.342 e. The lowest BCUT2D eigenvalue weighted by Crippen LogP contribution is -2.57. The van der Waals surface area contributed by atoms with Gasteiger partial charge in [-0.15, -0.1) is 12.4 Å². The summed E-state index contributed by atoms with van der Waals surface area (Å²) < 4.78 is 0. The normalized spacial score (nSPS) is 24.4. The molecule has 3 aliphatic rings. The van der Waals surface area contributed by atoms with E-state index in [2.05, 4.69) is 68.7 Å². The number of amides is 4. The van der Waals surface area contributed by atoms with E-state index in [0.29, 0.717) is 43.6 Å². The van der Waals surface area contributed by atoms with Crippen molar-refractivity contribution in [3.63, 3.8) is 0 Å². The third kappa shape index (κ3) is 6.14. The summed E-state index contributed by atoms with van der Waals surface area (Å²) in [4.78, 5) is 46.8. The Morgan fingerprint density at radius 3 is 2.24 bits per heavy atom. The number of likely N-dealkylation sites (N-methyl/N-ethyl adjacent to an activating group) is 1. The summed E-state index contributed by atoms with van der Waals surface area (Å²) in [5.74, 6) is 1.16. The van der Waals surface area contributed by atoms with Crippen molar-refractivity contribution < 1.29 is 14.4 Å². The maximum Gasteiger partial charge on any atom is 0.327 e. The first kappa shape index (κ1) is 29.4. The van der Waals surface area contributed by atoms with E-state index >= 15 is 0 Å². The monoisotopic (exact) mass is 532 g/mol. The van der Waals surface area contributed by atoms with Crippen molar-refractivity contribution in [2.24, 2.45) is 17.3 Å². The molecule has 3 heterocycles. The molecule has 3 aliphatic heterocycles. The van der Waals surface area contributed by atoms with Gasteiger partial charge in [-0.25, -0.2) is 4.79 Å². The van der Waals surface area contributed by atoms with E-state index in [1.54, 1.807) is 7.05 Å². The summed E-state index contributed by atoms with van der Waals surface area (Å²) in [6.07, 6.45) is 1.90. The fraction of sp³-hybridized carbons (Fsp3) is 0.690. The Morgan fingerprint density at radius 2 is 1.68 bits per heavy atom. The number of imide groups is 1. The highest BCUT2D eigenvalue weighted by molar-refractivity contribution is 6.06. The Bertz CT molecular complexity index is 969. The first-order valence-corrected chi connectivity index (χ1v) is 13.6. The maximum absolute atomic E-state index is 13.2. The molecule has 206 valence electrons. The van der Waals surface area contributed by atoms with Gasteiger partial charge in [-0.3, -0.25) is 14.5 Å². The zero-order valence-corrected chi connectivity index (χ0v) is 24.2. The molecular formula is C29H45ClN4O3. The highest BCUT2D eigenvalue weighted by atomic mass is 35.5. The van der Waals surface area contributed by atoms with E-state index < -0.39 is 5.54 Å². The molecule has 0 aromatic heterocycles. The molecule has 0 radical (unpaired) electrons. The molecule has 4 amide bonds. The van der Waals surface area contributed by atoms with E-state index in [1.165, 1.54) is 10.5 Å². The highest BCUT2D eigenvalue weighted by Crippen LogP contribution is 2.39. The Balaban J connectivity index is 0.00000380. The Morgan fingerprint density at radius 1 is 1.05 bits per heavy atom. The van der Waals surface area contributed by atoms with Gasteiger partial charge in [-0.05, 0) is 35.7 Å². The summed E-state index contributed by atoms with van der Waals surface area (Å²) >= 11 is 0. The second-order valence-corrected chi connectivity index (χ2v) is 12.8. The third-order valence-electron chi connectivity index (χ3n) is 8.16. The molecule has 3 fully saturated rings. The summed E-state index contributed by atoms with van der Waals surface area (Å²) in [6.45, 7) is 15.2. The lowest BCUT2D eigenvalue weighted by Gasteiger charge is -2.43. The Kier molecular flexibility index (Phi) is 9.01. The van der Waals surface area contributed by atoms with Gasteiger partial charge in [-0.1, -0.05) is 65.0 Å². The van der Waals surface area contributed by atoms with Gasteiger partial charge in [0.1, 0.15) is 5.54 Å². The van der Waals surface area contributed by atoms with Crippen LogP contribution in [0.4, 0.5) is 4.79 Å². The Hall–Kier alpha value is -2.12. The molecule has 7 nitrogen and oxygen atoms in total. The minimum atomic E-state index is -0.699. The van der Waals surface area contributed by atoms with Gasteiger partial charge in [0.25, 0.3) is 5.91 Å². The summed E-state index contributed by atoms with van der Waals surface area (Å²) in [6, 6.07) is 10.4. The first-order chi connectivity index (χ1) is 16.9. The standard InChI is InChI=1S/C29H44N4O3.ClH/c1-21(2)17-33-27(36)30(6)26(35)29(33)12-14-31(15-13-29)18-23-19-32(25(34)16-28(3,4)5)20-24(23)22-10-8-7-9-11-22;/h7-11,21,23-24H,12-20H2,1-6H3;1H/t23-,24+;/m0./s1. The molecular weight excluding hydrogens is 488 g/mol. The van der Waals surface area contributed by atoms with Crippen LogP contribution >= 0.6 is 12.4 Å². The molecule has 4 rings (SSSR count). The van der Waals surface area contributed by atoms with Crippen LogP contribution in [0.1, 0.15) is 65.4 Å². The number of hydrogen-bond donors (Lipinski definition) is 0. The number of nitrogens with zero attached hydrogens (tertiary/aromatic N) is 4. The number of carbonyl (C=O) groups excluding carboxylic acids is 3. The molecule has 1 aromatic rings. The fourth-order valence-corrected chi connectivity index (χ4v) is 6.32. The zero-order chi connectivity index (χ0) is 26.3. The molecule has 8 heteroatoms. The van der Waals surface area contributed by atoms with Gasteiger partial charge in [-0.2, -0.15) is 0 Å². The van der Waals surface area contributed by atoms with Crippen molar-refractivity contribution in [1.29, 1.82) is 0 Å². The van der Waals surface area contributed by atoms with Crippen molar-refractivity contribution >= 4 is 30.3 Å². The average Bonchev–Trinajstić information content (AvgIpc) is 3.31. The van der Waals surface area contributed by atoms with E-state index in [4.69, 9.17) is 0 Å². The quantitative estimate of drug-likeness (QED) is 0.507. The average molecular weight is 533 g/mol. The van der Waals surface area contributed by atoms with Crippen molar-refractivity contribution in [2.45, 2.75) is 65.3 Å². The predicted molar refractivity (Wildman–Crippen MR) is 149 cm³/mol. The van der Waals surface area contributed by atoms with Crippen LogP contribution in [0.25, 0.3) is 0 Å². The molecule has 3 saturated heterocycles. The second-order valence-electron chi connectivity index (χ2n) is 12.8. The molecule has 1 aromatic carbocycles. The topological polar surface area (TPSA) is 64.2 Å². The minimum absolute atomic E-state index is 0. The van der Waals surface area contributed by atoms with E-state index in [1.807, 2.05) is 11.0 Å². The first-order valence-electron chi connectivity index (χ1n) is 13.6. The van der Waals surface area contributed by atoms with Crippen LogP contribution in [-0.4, -0.2) is 89.3 Å². The largest absolute Gasteiger partial charge is 0.342 e. The second kappa shape index (κ2) is 11.3. The smallest absolute Gasteiger partial charge is 0.327 e. The number of piperidine rings is 1. The van der Waals surface area contributed by atoms with Gasteiger partial charge in [0.15, 0.2) is 0 Å². The zero-order valence-electron chi connectivity index (χ0n) is 23.4. The van der Waals surface area contributed by atoms with E-state index in [9.17, 15) is 14.4 Å². The van der Waals surface area contributed by atoms with E-state index in [0.717, 1.165) is 32.7 Å². The summed E-state index contributed by atoms with van der Waals surface area (Å²) in [5, 5.41) is 0. The number of hydrogen-bond acceptors (Lipinski definition) is 4. The van der Waals surface area contributed by atoms with Crippen molar-refractivity contribution in [1.82, 2.24) is 19.6 Å². The highest BCUT2D eigenvalue weighted by Gasteiger charge is 2.57. The van der Waals surface area contributed by atoms with Gasteiger partial charge in [0.05, 0.1) is 0 Å². The van der Waals surface area contributed by atoms with Gasteiger partial charge < -0.3 is 14.7 Å². The number of carbonyl (C=O) groups is 3. The lowest BCUT2D eigenvalue weighted by atomic mass is 9.84. The lowest BCUT2D eigenvalue weighted by molar-refractivity contribution is -0.135. The number of rotatable bonds is 6. The molecule has 2 atom stereocenters. The van der Waals surface area contributed by atoms with Crippen LogP contribution in [0.15, 0.2) is 30.3 Å². The molecule has 0 bridgehead atoms. The SMILES string of the molecule is CC(C)CN1C(=O)N(C)C(=O)C12CCN(C[C@H]1CN(C(=O)CC(C)(C)C)C[C@@H]1c1ccccc1)CC2.Cl. The number of benzene rings is 1. The predicted octanol–water partition coefficient (Wildman–Crippen LogP) is 4.47. The van der Waals surface area contributed by atoms with Crippen molar-refractivity contribution in [3.8, 4) is 0 Å². The molecule has 0 unspecified atom stereocenters. The summed E-state index contributed by atoms with van der Waals surface area (Å²) in [5.41, 5.74) is 0.567. The molecule has 0 saturated carbocycles. The fourth-order valence-electron chi connectivity index (χ4n) is 6.32.